The van der Waals surface area contributed by atoms with Gasteiger partial charge in [-0.05, 0) is 18.2 Å². The number of hydrogen-bond donors (Lipinski definition) is 1. The van der Waals surface area contributed by atoms with E-state index in [1.165, 1.54) is 0 Å². The number of benzene rings is 1. The first-order valence-corrected chi connectivity index (χ1v) is 5.18. The molecular weight excluding hydrogens is 200 g/mol. The van der Waals surface area contributed by atoms with Gasteiger partial charge in [-0.15, -0.1) is 0 Å². The van der Waals surface area contributed by atoms with Gasteiger partial charge in [0.2, 0.25) is 0 Å². The van der Waals surface area contributed by atoms with E-state index in [0.29, 0.717) is 6.61 Å². The molecule has 0 unspecified atom stereocenters. The zero-order chi connectivity index (χ0) is 11.2. The van der Waals surface area contributed by atoms with Crippen LogP contribution in [0, 0.1) is 0 Å². The first-order chi connectivity index (χ1) is 7.88. The van der Waals surface area contributed by atoms with Crippen LogP contribution in [0.15, 0.2) is 48.8 Å². The van der Waals surface area contributed by atoms with Crippen LogP contribution in [0.1, 0.15) is 5.56 Å². The second kappa shape index (κ2) is 5.16. The highest BCUT2D eigenvalue weighted by Gasteiger charge is 1.96. The van der Waals surface area contributed by atoms with Gasteiger partial charge >= 0.3 is 0 Å². The largest absolute Gasteiger partial charge is 0.489 e. The third-order valence-corrected chi connectivity index (χ3v) is 2.25. The van der Waals surface area contributed by atoms with Gasteiger partial charge in [-0.1, -0.05) is 12.1 Å². The van der Waals surface area contributed by atoms with Gasteiger partial charge in [0.25, 0.3) is 0 Å². The minimum atomic E-state index is 0.543. The quantitative estimate of drug-likeness (QED) is 0.849. The fraction of sp³-hybridized carbons (Fsp3) is 0.154. The summed E-state index contributed by atoms with van der Waals surface area (Å²) in [6.07, 6.45) is 3.56. The molecule has 0 spiro atoms. The molecule has 2 aromatic rings. The van der Waals surface area contributed by atoms with Crippen molar-refractivity contribution < 1.29 is 4.74 Å². The van der Waals surface area contributed by atoms with Crippen molar-refractivity contribution in [3.63, 3.8) is 0 Å². The van der Waals surface area contributed by atoms with Crippen LogP contribution in [0.25, 0.3) is 0 Å². The summed E-state index contributed by atoms with van der Waals surface area (Å²) in [5.74, 6) is 0.857. The molecule has 0 saturated carbocycles. The van der Waals surface area contributed by atoms with Crippen LogP contribution in [0.4, 0.5) is 5.69 Å². The van der Waals surface area contributed by atoms with Gasteiger partial charge in [-0.3, -0.25) is 4.98 Å². The van der Waals surface area contributed by atoms with Crippen molar-refractivity contribution in [2.24, 2.45) is 0 Å². The molecule has 16 heavy (non-hydrogen) atoms. The molecule has 3 heteroatoms. The maximum Gasteiger partial charge on any atom is 0.121 e. The van der Waals surface area contributed by atoms with Crippen LogP contribution in [0.3, 0.4) is 0 Å². The average molecular weight is 214 g/mol. The van der Waals surface area contributed by atoms with E-state index in [1.54, 1.807) is 6.20 Å². The molecule has 1 N–H and O–H groups in total. The van der Waals surface area contributed by atoms with E-state index >= 15 is 0 Å². The molecule has 3 nitrogen and oxygen atoms in total. The van der Waals surface area contributed by atoms with Crippen LogP contribution in [0.5, 0.6) is 5.75 Å². The van der Waals surface area contributed by atoms with Crippen molar-refractivity contribution in [2.75, 3.05) is 12.4 Å². The lowest BCUT2D eigenvalue weighted by molar-refractivity contribution is 0.306. The monoisotopic (exact) mass is 214 g/mol. The second-order valence-corrected chi connectivity index (χ2v) is 3.43. The highest BCUT2D eigenvalue weighted by molar-refractivity contribution is 5.47. The van der Waals surface area contributed by atoms with E-state index in [9.17, 15) is 0 Å². The SMILES string of the molecule is CNc1cccc(OCc2cccnc2)c1. The number of rotatable bonds is 4. The normalized spacial score (nSPS) is 9.81. The number of anilines is 1. The maximum absolute atomic E-state index is 5.65. The molecule has 0 amide bonds. The van der Waals surface area contributed by atoms with E-state index in [1.807, 2.05) is 49.6 Å². The third kappa shape index (κ3) is 2.73. The number of ether oxygens (including phenoxy) is 1. The molecule has 0 aliphatic rings. The van der Waals surface area contributed by atoms with Crippen molar-refractivity contribution in [1.82, 2.24) is 4.98 Å². The lowest BCUT2D eigenvalue weighted by Crippen LogP contribution is -1.96. The predicted molar refractivity (Wildman–Crippen MR) is 64.6 cm³/mol. The summed E-state index contributed by atoms with van der Waals surface area (Å²) in [6, 6.07) is 11.8. The smallest absolute Gasteiger partial charge is 0.121 e. The van der Waals surface area contributed by atoms with Crippen LogP contribution in [0.2, 0.25) is 0 Å². The summed E-state index contributed by atoms with van der Waals surface area (Å²) in [7, 11) is 1.89. The number of nitrogens with zero attached hydrogens (tertiary/aromatic N) is 1. The summed E-state index contributed by atoms with van der Waals surface area (Å²) in [6.45, 7) is 0.543. The lowest BCUT2D eigenvalue weighted by atomic mass is 10.3. The topological polar surface area (TPSA) is 34.1 Å². The Morgan fingerprint density at radius 3 is 2.94 bits per heavy atom. The molecule has 0 aliphatic carbocycles. The Morgan fingerprint density at radius 2 is 2.19 bits per heavy atom. The zero-order valence-electron chi connectivity index (χ0n) is 9.18. The first kappa shape index (κ1) is 10.5. The maximum atomic E-state index is 5.65. The number of pyridine rings is 1. The molecule has 82 valence electrons. The van der Waals surface area contributed by atoms with Gasteiger partial charge in [0.1, 0.15) is 12.4 Å². The van der Waals surface area contributed by atoms with Crippen molar-refractivity contribution >= 4 is 5.69 Å². The van der Waals surface area contributed by atoms with Crippen molar-refractivity contribution in [3.05, 3.63) is 54.4 Å². The summed E-state index contributed by atoms with van der Waals surface area (Å²) in [4.78, 5) is 4.04. The first-order valence-electron chi connectivity index (χ1n) is 5.18. The van der Waals surface area contributed by atoms with Crippen molar-refractivity contribution in [1.29, 1.82) is 0 Å². The van der Waals surface area contributed by atoms with Gasteiger partial charge in [0, 0.05) is 36.8 Å². The van der Waals surface area contributed by atoms with Crippen LogP contribution >= 0.6 is 0 Å². The third-order valence-electron chi connectivity index (χ3n) is 2.25. The number of aromatic nitrogens is 1. The van der Waals surface area contributed by atoms with Gasteiger partial charge < -0.3 is 10.1 Å². The lowest BCUT2D eigenvalue weighted by Gasteiger charge is -2.07. The fourth-order valence-corrected chi connectivity index (χ4v) is 1.39. The zero-order valence-corrected chi connectivity index (χ0v) is 9.18. The second-order valence-electron chi connectivity index (χ2n) is 3.43. The summed E-state index contributed by atoms with van der Waals surface area (Å²) >= 11 is 0. The molecular formula is C13H14N2O. The van der Waals surface area contributed by atoms with Crippen LogP contribution in [-0.4, -0.2) is 12.0 Å². The number of nitrogens with one attached hydrogen (secondary N) is 1. The molecule has 0 bridgehead atoms. The number of hydrogen-bond acceptors (Lipinski definition) is 3. The molecule has 1 heterocycles. The van der Waals surface area contributed by atoms with E-state index in [2.05, 4.69) is 10.3 Å². The minimum Gasteiger partial charge on any atom is -0.489 e. The molecule has 0 radical (unpaired) electrons. The van der Waals surface area contributed by atoms with Gasteiger partial charge in [0.15, 0.2) is 0 Å². The highest BCUT2D eigenvalue weighted by atomic mass is 16.5. The molecule has 0 saturated heterocycles. The van der Waals surface area contributed by atoms with Crippen molar-refractivity contribution in [2.45, 2.75) is 6.61 Å². The van der Waals surface area contributed by atoms with Crippen molar-refractivity contribution in [3.8, 4) is 5.75 Å². The Hall–Kier alpha value is -2.03. The van der Waals surface area contributed by atoms with Crippen LogP contribution < -0.4 is 10.1 Å². The van der Waals surface area contributed by atoms with E-state index in [4.69, 9.17) is 4.74 Å². The van der Waals surface area contributed by atoms with Crippen LogP contribution in [-0.2, 0) is 6.61 Å². The molecule has 0 aliphatic heterocycles. The van der Waals surface area contributed by atoms with E-state index in [-0.39, 0.29) is 0 Å². The Bertz CT molecular complexity index is 443. The summed E-state index contributed by atoms with van der Waals surface area (Å²) in [5, 5.41) is 3.07. The Morgan fingerprint density at radius 1 is 1.25 bits per heavy atom. The Kier molecular flexibility index (Phi) is 3.38. The fourth-order valence-electron chi connectivity index (χ4n) is 1.39. The Balaban J connectivity index is 1.99. The summed E-state index contributed by atoms with van der Waals surface area (Å²) < 4.78 is 5.65. The Labute approximate surface area is 95.1 Å². The molecule has 1 aromatic carbocycles. The van der Waals surface area contributed by atoms with Gasteiger partial charge in [0.05, 0.1) is 0 Å². The highest BCUT2D eigenvalue weighted by Crippen LogP contribution is 2.17. The molecule has 2 rings (SSSR count). The van der Waals surface area contributed by atoms with E-state index < -0.39 is 0 Å². The molecule has 0 fully saturated rings. The molecule has 1 aromatic heterocycles. The molecule has 0 atom stereocenters. The predicted octanol–water partition coefficient (Wildman–Crippen LogP) is 2.70. The minimum absolute atomic E-state index is 0.543. The van der Waals surface area contributed by atoms with E-state index in [0.717, 1.165) is 17.0 Å². The summed E-state index contributed by atoms with van der Waals surface area (Å²) in [5.41, 5.74) is 2.11. The average Bonchev–Trinajstić information content (AvgIpc) is 2.38. The van der Waals surface area contributed by atoms with Gasteiger partial charge in [-0.2, -0.15) is 0 Å². The standard InChI is InChI=1S/C13H14N2O/c1-14-12-5-2-6-13(8-12)16-10-11-4-3-7-15-9-11/h2-9,14H,10H2,1H3. The van der Waals surface area contributed by atoms with Gasteiger partial charge in [-0.25, -0.2) is 0 Å².